The number of aromatic amines is 1. The van der Waals surface area contributed by atoms with Gasteiger partial charge in [-0.3, -0.25) is 5.32 Å². The Balaban J connectivity index is 1.84. The number of nitriles is 1. The largest absolute Gasteiger partial charge is 0.370 e. The average molecular weight is 375 g/mol. The lowest BCUT2D eigenvalue weighted by molar-refractivity contribution is -0.906. The van der Waals surface area contributed by atoms with Crippen molar-refractivity contribution in [3.8, 4) is 6.07 Å². The molecule has 3 rings (SSSR count). The number of hydrogen-bond donors (Lipinski definition) is 2. The minimum Gasteiger partial charge on any atom is -0.370 e. The monoisotopic (exact) mass is 374 g/mol. The quantitative estimate of drug-likeness (QED) is 0.771. The van der Waals surface area contributed by atoms with Crippen LogP contribution in [-0.2, 0) is 28.9 Å². The number of hydrogen-bond acceptors (Lipinski definition) is 4. The first-order valence-corrected chi connectivity index (χ1v) is 10.2. The van der Waals surface area contributed by atoms with E-state index in [-0.39, 0.29) is 5.60 Å². The van der Waals surface area contributed by atoms with E-state index in [9.17, 15) is 5.26 Å². The van der Waals surface area contributed by atoms with Gasteiger partial charge in [-0.1, -0.05) is 13.8 Å². The first kappa shape index (κ1) is 20.1. The number of aromatic nitrogens is 1. The molecule has 148 valence electrons. The van der Waals surface area contributed by atoms with Gasteiger partial charge in [0.1, 0.15) is 43.5 Å². The third kappa shape index (κ3) is 4.98. The van der Waals surface area contributed by atoms with E-state index in [2.05, 4.69) is 44.1 Å². The summed E-state index contributed by atoms with van der Waals surface area (Å²) in [4.78, 5) is 5.10. The molecule has 1 fully saturated rings. The highest BCUT2D eigenvalue weighted by atomic mass is 16.5. The number of nitrogens with zero attached hydrogens (tertiary/aromatic N) is 1. The van der Waals surface area contributed by atoms with E-state index in [4.69, 9.17) is 9.47 Å². The summed E-state index contributed by atoms with van der Waals surface area (Å²) in [7, 11) is 0. The zero-order valence-electron chi connectivity index (χ0n) is 17.2. The Morgan fingerprint density at radius 3 is 2.67 bits per heavy atom. The van der Waals surface area contributed by atoms with Crippen LogP contribution in [-0.4, -0.2) is 45.0 Å². The molecule has 0 bridgehead atoms. The molecule has 0 atom stereocenters. The summed E-state index contributed by atoms with van der Waals surface area (Å²) < 4.78 is 11.5. The normalized spacial score (nSPS) is 19.6. The van der Waals surface area contributed by atoms with Crippen LogP contribution in [0, 0.1) is 17.2 Å². The highest BCUT2D eigenvalue weighted by Crippen LogP contribution is 2.33. The maximum Gasteiger partial charge on any atom is 0.291 e. The number of quaternary nitrogens is 1. The third-order valence-corrected chi connectivity index (χ3v) is 5.47. The van der Waals surface area contributed by atoms with Crippen molar-refractivity contribution in [1.82, 2.24) is 0 Å². The number of ether oxygens (including phenoxy) is 2. The highest BCUT2D eigenvalue weighted by Gasteiger charge is 2.33. The zero-order chi connectivity index (χ0) is 19.4. The van der Waals surface area contributed by atoms with Crippen LogP contribution in [0.15, 0.2) is 0 Å². The fourth-order valence-electron chi connectivity index (χ4n) is 4.00. The van der Waals surface area contributed by atoms with Crippen LogP contribution in [0.2, 0.25) is 0 Å². The topological polar surface area (TPSA) is 72.9 Å². The van der Waals surface area contributed by atoms with Gasteiger partial charge in [-0.05, 0) is 25.3 Å². The van der Waals surface area contributed by atoms with E-state index >= 15 is 0 Å². The minimum absolute atomic E-state index is 0.232. The average Bonchev–Trinajstić information content (AvgIpc) is 2.61. The van der Waals surface area contributed by atoms with E-state index < -0.39 is 0 Å². The summed E-state index contributed by atoms with van der Waals surface area (Å²) in [6.07, 6.45) is 1.73. The zero-order valence-corrected chi connectivity index (χ0v) is 17.2. The van der Waals surface area contributed by atoms with Gasteiger partial charge in [0.05, 0.1) is 25.4 Å². The predicted octanol–water partition coefficient (Wildman–Crippen LogP) is 0.749. The van der Waals surface area contributed by atoms with Gasteiger partial charge in [-0.25, -0.2) is 4.98 Å². The highest BCUT2D eigenvalue weighted by molar-refractivity contribution is 5.56. The first-order chi connectivity index (χ1) is 12.9. The summed E-state index contributed by atoms with van der Waals surface area (Å²) >= 11 is 0. The van der Waals surface area contributed by atoms with Crippen LogP contribution < -0.4 is 15.2 Å². The second-order valence-electron chi connectivity index (χ2n) is 8.78. The van der Waals surface area contributed by atoms with Crippen molar-refractivity contribution in [3.05, 3.63) is 22.4 Å². The van der Waals surface area contributed by atoms with E-state index in [0.717, 1.165) is 69.2 Å². The molecule has 2 aliphatic heterocycles. The minimum atomic E-state index is -0.232. The Labute approximate surface area is 162 Å². The lowest BCUT2D eigenvalue weighted by atomic mass is 9.87. The molecule has 0 radical (unpaired) electrons. The molecule has 0 aliphatic carbocycles. The number of rotatable bonds is 6. The van der Waals surface area contributed by atoms with Crippen LogP contribution in [0.3, 0.4) is 0 Å². The number of pyridine rings is 1. The van der Waals surface area contributed by atoms with Crippen LogP contribution in [0.25, 0.3) is 0 Å². The Kier molecular flexibility index (Phi) is 6.36. The SMILES string of the molecule is CC(C)Cc1[nH+]c(NCC[NH+]2CCOCC2)c(C#N)c2c1COC(C)(C)C2. The molecule has 0 spiro atoms. The number of morpholine rings is 1. The van der Waals surface area contributed by atoms with Crippen molar-refractivity contribution in [1.29, 1.82) is 5.26 Å². The van der Waals surface area contributed by atoms with Crippen molar-refractivity contribution in [2.45, 2.75) is 52.7 Å². The van der Waals surface area contributed by atoms with Gasteiger partial charge in [0.15, 0.2) is 0 Å². The Bertz CT molecular complexity index is 703. The van der Waals surface area contributed by atoms with E-state index in [0.29, 0.717) is 12.5 Å². The summed E-state index contributed by atoms with van der Waals surface area (Å²) in [6, 6.07) is 2.45. The van der Waals surface area contributed by atoms with Crippen LogP contribution in [0.1, 0.15) is 50.1 Å². The van der Waals surface area contributed by atoms with E-state index in [1.54, 1.807) is 4.90 Å². The lowest BCUT2D eigenvalue weighted by Crippen LogP contribution is -3.14. The van der Waals surface area contributed by atoms with Gasteiger partial charge in [-0.2, -0.15) is 5.26 Å². The van der Waals surface area contributed by atoms with E-state index in [1.165, 1.54) is 11.3 Å². The van der Waals surface area contributed by atoms with Crippen molar-refractivity contribution in [3.63, 3.8) is 0 Å². The maximum atomic E-state index is 9.89. The fraction of sp³-hybridized carbons (Fsp3) is 0.714. The van der Waals surface area contributed by atoms with Crippen LogP contribution in [0.4, 0.5) is 5.82 Å². The second kappa shape index (κ2) is 8.55. The van der Waals surface area contributed by atoms with Gasteiger partial charge in [0.2, 0.25) is 0 Å². The molecule has 6 nitrogen and oxygen atoms in total. The number of anilines is 1. The molecular formula is C21H34N4O2+2. The summed E-state index contributed by atoms with van der Waals surface area (Å²) in [6.45, 7) is 14.9. The number of H-pyrrole nitrogens is 1. The second-order valence-corrected chi connectivity index (χ2v) is 8.78. The predicted molar refractivity (Wildman–Crippen MR) is 104 cm³/mol. The fourth-order valence-corrected chi connectivity index (χ4v) is 4.00. The molecule has 2 aliphatic rings. The Morgan fingerprint density at radius 2 is 2.00 bits per heavy atom. The molecule has 27 heavy (non-hydrogen) atoms. The van der Waals surface area contributed by atoms with Gasteiger partial charge in [0.25, 0.3) is 5.82 Å². The Morgan fingerprint density at radius 1 is 1.26 bits per heavy atom. The molecule has 1 aromatic rings. The van der Waals surface area contributed by atoms with Gasteiger partial charge in [-0.15, -0.1) is 0 Å². The molecule has 1 aromatic heterocycles. The van der Waals surface area contributed by atoms with Crippen molar-refractivity contribution < 1.29 is 19.4 Å². The summed E-state index contributed by atoms with van der Waals surface area (Å²) in [5.41, 5.74) is 4.07. The van der Waals surface area contributed by atoms with E-state index in [1.807, 2.05) is 0 Å². The summed E-state index contributed by atoms with van der Waals surface area (Å²) in [5, 5.41) is 13.4. The van der Waals surface area contributed by atoms with Gasteiger partial charge < -0.3 is 14.4 Å². The van der Waals surface area contributed by atoms with Crippen LogP contribution in [0.5, 0.6) is 0 Å². The Hall–Kier alpha value is -1.68. The molecule has 3 heterocycles. The number of fused-ring (bicyclic) bond motifs is 1. The van der Waals surface area contributed by atoms with Crippen molar-refractivity contribution in [2.24, 2.45) is 5.92 Å². The number of nitrogens with one attached hydrogen (secondary N) is 3. The first-order valence-electron chi connectivity index (χ1n) is 10.2. The molecule has 3 N–H and O–H groups in total. The molecule has 0 amide bonds. The molecule has 0 saturated carbocycles. The van der Waals surface area contributed by atoms with Gasteiger partial charge in [0, 0.05) is 18.4 Å². The molecule has 1 saturated heterocycles. The molecule has 6 heteroatoms. The van der Waals surface area contributed by atoms with Crippen LogP contribution >= 0.6 is 0 Å². The smallest absolute Gasteiger partial charge is 0.291 e. The third-order valence-electron chi connectivity index (χ3n) is 5.47. The molecule has 0 aromatic carbocycles. The standard InChI is InChI=1S/C21H32N4O2/c1-15(2)11-19-18-14-27-21(3,4)12-16(18)17(13-22)20(24-19)23-5-6-25-7-9-26-10-8-25/h15H,5-12,14H2,1-4H3,(H,23,24)/p+2. The van der Waals surface area contributed by atoms with Crippen molar-refractivity contribution >= 4 is 5.82 Å². The van der Waals surface area contributed by atoms with Crippen molar-refractivity contribution in [2.75, 3.05) is 44.7 Å². The molecule has 0 unspecified atom stereocenters. The summed E-state index contributed by atoms with van der Waals surface area (Å²) in [5.74, 6) is 1.41. The lowest BCUT2D eigenvalue weighted by Gasteiger charge is -2.33. The van der Waals surface area contributed by atoms with Gasteiger partial charge >= 0.3 is 0 Å². The molecular weight excluding hydrogens is 340 g/mol. The maximum absolute atomic E-state index is 9.89.